The van der Waals surface area contributed by atoms with Crippen molar-refractivity contribution in [3.63, 3.8) is 0 Å². The van der Waals surface area contributed by atoms with Crippen molar-refractivity contribution in [3.05, 3.63) is 27.7 Å². The number of halogens is 1. The van der Waals surface area contributed by atoms with Crippen molar-refractivity contribution in [2.24, 2.45) is 0 Å². The minimum Gasteiger partial charge on any atom is -0.496 e. The number of carbonyl (C=O) groups is 1. The maximum Gasteiger partial charge on any atom is 0.338 e. The molecule has 0 heterocycles. The summed E-state index contributed by atoms with van der Waals surface area (Å²) in [5.41, 5.74) is 4.44. The lowest BCUT2D eigenvalue weighted by Crippen LogP contribution is -2.16. The first kappa shape index (κ1) is 15.8. The molecule has 0 N–H and O–H groups in total. The normalized spacial score (nSPS) is 10.4. The van der Waals surface area contributed by atoms with Crippen LogP contribution in [0.5, 0.6) is 5.75 Å². The Bertz CT molecular complexity index is 550. The number of esters is 1. The van der Waals surface area contributed by atoms with Gasteiger partial charge in [-0.25, -0.2) is 4.79 Å². The molecule has 1 aromatic rings. The molecular formula is C14H17BrO3Si. The largest absolute Gasteiger partial charge is 0.496 e. The zero-order chi connectivity index (χ0) is 14.6. The lowest BCUT2D eigenvalue weighted by atomic mass is 10.1. The summed E-state index contributed by atoms with van der Waals surface area (Å²) in [5, 5.41) is 0. The summed E-state index contributed by atoms with van der Waals surface area (Å²) in [6.45, 7) is 6.49. The predicted molar refractivity (Wildman–Crippen MR) is 82.3 cm³/mol. The van der Waals surface area contributed by atoms with Gasteiger partial charge >= 0.3 is 5.97 Å². The molecule has 0 aliphatic rings. The maximum absolute atomic E-state index is 11.6. The van der Waals surface area contributed by atoms with Crippen LogP contribution in [0.25, 0.3) is 0 Å². The third-order valence-electron chi connectivity index (χ3n) is 2.25. The Morgan fingerprint density at radius 3 is 2.37 bits per heavy atom. The van der Waals surface area contributed by atoms with E-state index in [9.17, 15) is 4.79 Å². The highest BCUT2D eigenvalue weighted by atomic mass is 79.9. The second-order valence-corrected chi connectivity index (χ2v) is 10.6. The second kappa shape index (κ2) is 6.26. The number of hydrogen-bond donors (Lipinski definition) is 0. The molecule has 0 spiro atoms. The van der Waals surface area contributed by atoms with Gasteiger partial charge in [-0.3, -0.25) is 0 Å². The molecule has 0 bridgehead atoms. The van der Waals surface area contributed by atoms with E-state index in [1.807, 2.05) is 0 Å². The summed E-state index contributed by atoms with van der Waals surface area (Å²) in [5.74, 6) is 3.29. The first-order chi connectivity index (χ1) is 8.78. The standard InChI is InChI=1S/C14H17BrO3Si/c1-17-12-9-11(14(16)18-2)8-10(13(12)15)6-7-19(3,4)5/h8-9H,1-5H3. The third kappa shape index (κ3) is 4.41. The number of rotatable bonds is 2. The number of methoxy groups -OCH3 is 2. The average molecular weight is 341 g/mol. The second-order valence-electron chi connectivity index (χ2n) is 5.03. The van der Waals surface area contributed by atoms with E-state index in [0.29, 0.717) is 11.3 Å². The number of ether oxygens (including phenoxy) is 2. The van der Waals surface area contributed by atoms with Crippen LogP contribution in [0.3, 0.4) is 0 Å². The molecule has 19 heavy (non-hydrogen) atoms. The molecule has 0 saturated carbocycles. The van der Waals surface area contributed by atoms with Gasteiger partial charge in [0.25, 0.3) is 0 Å². The van der Waals surface area contributed by atoms with E-state index in [1.165, 1.54) is 7.11 Å². The van der Waals surface area contributed by atoms with E-state index in [0.717, 1.165) is 10.0 Å². The van der Waals surface area contributed by atoms with E-state index in [1.54, 1.807) is 19.2 Å². The van der Waals surface area contributed by atoms with Crippen molar-refractivity contribution in [3.8, 4) is 17.2 Å². The molecule has 0 aliphatic heterocycles. The molecule has 1 rings (SSSR count). The highest BCUT2D eigenvalue weighted by molar-refractivity contribution is 9.10. The quantitative estimate of drug-likeness (QED) is 0.469. The van der Waals surface area contributed by atoms with E-state index in [-0.39, 0.29) is 0 Å². The zero-order valence-corrected chi connectivity index (χ0v) is 14.3. The third-order valence-corrected chi connectivity index (χ3v) is 3.95. The Hall–Kier alpha value is -1.25. The Labute approximate surface area is 123 Å². The van der Waals surface area contributed by atoms with Crippen LogP contribution >= 0.6 is 15.9 Å². The fraction of sp³-hybridized carbons (Fsp3) is 0.357. The van der Waals surface area contributed by atoms with Crippen LogP contribution in [0.2, 0.25) is 19.6 Å². The molecule has 0 atom stereocenters. The lowest BCUT2D eigenvalue weighted by Gasteiger charge is -2.09. The molecule has 0 aliphatic carbocycles. The predicted octanol–water partition coefficient (Wildman–Crippen LogP) is 3.47. The zero-order valence-electron chi connectivity index (χ0n) is 11.8. The van der Waals surface area contributed by atoms with Crippen molar-refractivity contribution in [2.75, 3.05) is 14.2 Å². The van der Waals surface area contributed by atoms with E-state index in [2.05, 4.69) is 47.0 Å². The van der Waals surface area contributed by atoms with Gasteiger partial charge in [-0.15, -0.1) is 5.54 Å². The highest BCUT2D eigenvalue weighted by Crippen LogP contribution is 2.30. The number of carbonyl (C=O) groups excluding carboxylic acids is 1. The molecule has 5 heteroatoms. The van der Waals surface area contributed by atoms with E-state index < -0.39 is 14.0 Å². The Kier molecular flexibility index (Phi) is 5.21. The number of benzene rings is 1. The smallest absolute Gasteiger partial charge is 0.338 e. The molecule has 0 unspecified atom stereocenters. The SMILES string of the molecule is COC(=O)c1cc(C#C[Si](C)(C)C)c(Br)c(OC)c1. The molecule has 3 nitrogen and oxygen atoms in total. The van der Waals surface area contributed by atoms with E-state index in [4.69, 9.17) is 9.47 Å². The Morgan fingerprint density at radius 2 is 1.89 bits per heavy atom. The van der Waals surface area contributed by atoms with Crippen LogP contribution in [0, 0.1) is 11.5 Å². The molecular weight excluding hydrogens is 324 g/mol. The van der Waals surface area contributed by atoms with Crippen LogP contribution in [-0.4, -0.2) is 28.3 Å². The summed E-state index contributed by atoms with van der Waals surface area (Å²) >= 11 is 3.45. The van der Waals surface area contributed by atoms with Crippen molar-refractivity contribution in [1.82, 2.24) is 0 Å². The van der Waals surface area contributed by atoms with Crippen LogP contribution < -0.4 is 4.74 Å². The summed E-state index contributed by atoms with van der Waals surface area (Å²) < 4.78 is 10.7. The molecule has 1 aromatic carbocycles. The van der Waals surface area contributed by atoms with Gasteiger partial charge in [0.2, 0.25) is 0 Å². The topological polar surface area (TPSA) is 35.5 Å². The molecule has 0 amide bonds. The minimum atomic E-state index is -1.48. The van der Waals surface area contributed by atoms with Gasteiger partial charge in [0.15, 0.2) is 0 Å². The lowest BCUT2D eigenvalue weighted by molar-refractivity contribution is 0.0600. The first-order valence-corrected chi connectivity index (χ1v) is 10.1. The summed E-state index contributed by atoms with van der Waals surface area (Å²) in [7, 11) is 1.42. The van der Waals surface area contributed by atoms with Gasteiger partial charge in [-0.05, 0) is 28.1 Å². The van der Waals surface area contributed by atoms with Gasteiger partial charge < -0.3 is 9.47 Å². The van der Waals surface area contributed by atoms with Crippen LogP contribution in [0.15, 0.2) is 16.6 Å². The maximum atomic E-state index is 11.6. The molecule has 0 aromatic heterocycles. The minimum absolute atomic E-state index is 0.401. The summed E-state index contributed by atoms with van der Waals surface area (Å²) in [6.07, 6.45) is 0. The van der Waals surface area contributed by atoms with E-state index >= 15 is 0 Å². The molecule has 0 radical (unpaired) electrons. The van der Waals surface area contributed by atoms with Gasteiger partial charge in [-0.2, -0.15) is 0 Å². The summed E-state index contributed by atoms with van der Waals surface area (Å²) in [6, 6.07) is 3.35. The molecule has 0 saturated heterocycles. The van der Waals surface area contributed by atoms with Gasteiger partial charge in [-0.1, -0.05) is 25.6 Å². The van der Waals surface area contributed by atoms with Crippen LogP contribution in [0.4, 0.5) is 0 Å². The number of hydrogen-bond acceptors (Lipinski definition) is 3. The van der Waals surface area contributed by atoms with Crippen LogP contribution in [0.1, 0.15) is 15.9 Å². The van der Waals surface area contributed by atoms with Crippen molar-refractivity contribution in [1.29, 1.82) is 0 Å². The highest BCUT2D eigenvalue weighted by Gasteiger charge is 2.14. The van der Waals surface area contributed by atoms with Crippen LogP contribution in [-0.2, 0) is 4.74 Å². The van der Waals surface area contributed by atoms with Gasteiger partial charge in [0.1, 0.15) is 13.8 Å². The average Bonchev–Trinajstić information content (AvgIpc) is 2.35. The van der Waals surface area contributed by atoms with Gasteiger partial charge in [0.05, 0.1) is 24.3 Å². The fourth-order valence-corrected chi connectivity index (χ4v) is 2.33. The van der Waals surface area contributed by atoms with Gasteiger partial charge in [0, 0.05) is 5.56 Å². The van der Waals surface area contributed by atoms with Crippen molar-refractivity contribution in [2.45, 2.75) is 19.6 Å². The van der Waals surface area contributed by atoms with Crippen molar-refractivity contribution < 1.29 is 14.3 Å². The van der Waals surface area contributed by atoms with Crippen molar-refractivity contribution >= 4 is 30.0 Å². The summed E-state index contributed by atoms with van der Waals surface area (Å²) in [4.78, 5) is 11.6. The monoisotopic (exact) mass is 340 g/mol. The Balaban J connectivity index is 3.36. The fourth-order valence-electron chi connectivity index (χ4n) is 1.33. The molecule has 102 valence electrons. The molecule has 0 fully saturated rings. The Morgan fingerprint density at radius 1 is 1.26 bits per heavy atom. The first-order valence-electron chi connectivity index (χ1n) is 5.77.